The van der Waals surface area contributed by atoms with Gasteiger partial charge in [-0.15, -0.1) is 0 Å². The molecule has 0 N–H and O–H groups in total. The van der Waals surface area contributed by atoms with E-state index in [9.17, 15) is 13.2 Å². The molecule has 1 fully saturated rings. The molecule has 2 aromatic rings. The molecular formula is C21H27N3O4S. The van der Waals surface area contributed by atoms with E-state index in [-0.39, 0.29) is 10.8 Å². The summed E-state index contributed by atoms with van der Waals surface area (Å²) < 4.78 is 31.2. The van der Waals surface area contributed by atoms with E-state index in [1.54, 1.807) is 24.1 Å². The van der Waals surface area contributed by atoms with Gasteiger partial charge in [0, 0.05) is 52.0 Å². The Morgan fingerprint density at radius 1 is 1.03 bits per heavy atom. The maximum Gasteiger partial charge on any atom is 0.253 e. The molecule has 0 aromatic heterocycles. The monoisotopic (exact) mass is 417 g/mol. The number of morpholine rings is 1. The third-order valence-corrected chi connectivity index (χ3v) is 6.75. The number of sulfonamides is 1. The molecule has 1 amide bonds. The van der Waals surface area contributed by atoms with Gasteiger partial charge in [0.05, 0.1) is 18.1 Å². The topological polar surface area (TPSA) is 70.2 Å². The predicted octanol–water partition coefficient (Wildman–Crippen LogP) is 2.05. The standard InChI is InChI=1S/C21H27N3O4S/c1-22(2)29(26,27)20-6-4-5-18(15-20)21(25)23(3)16-17-7-9-19(10-8-17)24-11-13-28-14-12-24/h4-10,15H,11-14,16H2,1-3H3. The van der Waals surface area contributed by atoms with Crippen molar-refractivity contribution < 1.29 is 17.9 Å². The van der Waals surface area contributed by atoms with Gasteiger partial charge in [-0.1, -0.05) is 18.2 Å². The summed E-state index contributed by atoms with van der Waals surface area (Å²) in [4.78, 5) is 16.8. The Kier molecular flexibility index (Phi) is 6.56. The maximum absolute atomic E-state index is 12.8. The summed E-state index contributed by atoms with van der Waals surface area (Å²) in [5.74, 6) is -0.224. The van der Waals surface area contributed by atoms with Crippen LogP contribution in [0.1, 0.15) is 15.9 Å². The zero-order valence-corrected chi connectivity index (χ0v) is 17.9. The molecule has 156 valence electrons. The van der Waals surface area contributed by atoms with Crippen LogP contribution in [-0.4, -0.2) is 71.0 Å². The van der Waals surface area contributed by atoms with E-state index in [4.69, 9.17) is 4.74 Å². The lowest BCUT2D eigenvalue weighted by Gasteiger charge is -2.29. The Morgan fingerprint density at radius 2 is 1.69 bits per heavy atom. The van der Waals surface area contributed by atoms with Gasteiger partial charge in [-0.3, -0.25) is 4.79 Å². The molecular weight excluding hydrogens is 390 g/mol. The summed E-state index contributed by atoms with van der Waals surface area (Å²) >= 11 is 0. The van der Waals surface area contributed by atoms with Gasteiger partial charge in [0.15, 0.2) is 0 Å². The minimum Gasteiger partial charge on any atom is -0.378 e. The van der Waals surface area contributed by atoms with Crippen molar-refractivity contribution in [1.29, 1.82) is 0 Å². The van der Waals surface area contributed by atoms with E-state index in [1.807, 2.05) is 12.1 Å². The highest BCUT2D eigenvalue weighted by Crippen LogP contribution is 2.19. The van der Waals surface area contributed by atoms with Crippen molar-refractivity contribution in [3.8, 4) is 0 Å². The third kappa shape index (κ3) is 4.95. The fourth-order valence-electron chi connectivity index (χ4n) is 3.20. The van der Waals surface area contributed by atoms with E-state index >= 15 is 0 Å². The minimum absolute atomic E-state index is 0.108. The smallest absolute Gasteiger partial charge is 0.253 e. The number of rotatable bonds is 6. The van der Waals surface area contributed by atoms with Crippen LogP contribution in [0.15, 0.2) is 53.4 Å². The molecule has 3 rings (SSSR count). The molecule has 8 heteroatoms. The van der Waals surface area contributed by atoms with Crippen LogP contribution in [0, 0.1) is 0 Å². The van der Waals surface area contributed by atoms with Gasteiger partial charge in [0.25, 0.3) is 5.91 Å². The van der Waals surface area contributed by atoms with E-state index < -0.39 is 10.0 Å². The highest BCUT2D eigenvalue weighted by molar-refractivity contribution is 7.89. The first kappa shape index (κ1) is 21.3. The van der Waals surface area contributed by atoms with Crippen LogP contribution >= 0.6 is 0 Å². The summed E-state index contributed by atoms with van der Waals surface area (Å²) in [5.41, 5.74) is 2.50. The minimum atomic E-state index is -3.58. The van der Waals surface area contributed by atoms with Crippen LogP contribution in [-0.2, 0) is 21.3 Å². The third-order valence-electron chi connectivity index (χ3n) is 4.94. The first-order valence-corrected chi connectivity index (χ1v) is 10.9. The molecule has 7 nitrogen and oxygen atoms in total. The van der Waals surface area contributed by atoms with Crippen molar-refractivity contribution in [1.82, 2.24) is 9.21 Å². The Morgan fingerprint density at radius 3 is 2.31 bits per heavy atom. The fraction of sp³-hybridized carbons (Fsp3) is 0.381. The zero-order chi connectivity index (χ0) is 21.0. The van der Waals surface area contributed by atoms with Crippen LogP contribution in [0.5, 0.6) is 0 Å². The normalized spacial score (nSPS) is 14.8. The van der Waals surface area contributed by atoms with Gasteiger partial charge in [0.1, 0.15) is 0 Å². The number of hydrogen-bond acceptors (Lipinski definition) is 5. The van der Waals surface area contributed by atoms with Crippen molar-refractivity contribution in [2.75, 3.05) is 52.3 Å². The van der Waals surface area contributed by atoms with Gasteiger partial charge in [-0.2, -0.15) is 0 Å². The predicted molar refractivity (Wildman–Crippen MR) is 113 cm³/mol. The summed E-state index contributed by atoms with van der Waals surface area (Å²) in [6.45, 7) is 3.67. The number of carbonyl (C=O) groups excluding carboxylic acids is 1. The highest BCUT2D eigenvalue weighted by atomic mass is 32.2. The number of benzene rings is 2. The SMILES string of the molecule is CN(Cc1ccc(N2CCOCC2)cc1)C(=O)c1cccc(S(=O)(=O)N(C)C)c1. The van der Waals surface area contributed by atoms with Crippen molar-refractivity contribution in [2.24, 2.45) is 0 Å². The Hall–Kier alpha value is -2.42. The van der Waals surface area contributed by atoms with Crippen molar-refractivity contribution in [2.45, 2.75) is 11.4 Å². The number of nitrogens with zero attached hydrogens (tertiary/aromatic N) is 3. The Bertz CT molecular complexity index is 952. The van der Waals surface area contributed by atoms with E-state index in [2.05, 4.69) is 17.0 Å². The molecule has 0 radical (unpaired) electrons. The lowest BCUT2D eigenvalue weighted by atomic mass is 10.1. The molecule has 2 aromatic carbocycles. The molecule has 0 saturated carbocycles. The quantitative estimate of drug-likeness (QED) is 0.720. The van der Waals surface area contributed by atoms with E-state index in [0.717, 1.165) is 41.9 Å². The summed E-state index contributed by atoms with van der Waals surface area (Å²) in [6.07, 6.45) is 0. The van der Waals surface area contributed by atoms with Crippen LogP contribution in [0.4, 0.5) is 5.69 Å². The van der Waals surface area contributed by atoms with Gasteiger partial charge in [-0.05, 0) is 35.9 Å². The van der Waals surface area contributed by atoms with Crippen LogP contribution < -0.4 is 4.90 Å². The summed E-state index contributed by atoms with van der Waals surface area (Å²) in [7, 11) is 1.07. The number of hydrogen-bond donors (Lipinski definition) is 0. The maximum atomic E-state index is 12.8. The second kappa shape index (κ2) is 8.94. The molecule has 0 aliphatic carbocycles. The number of ether oxygens (including phenoxy) is 1. The van der Waals surface area contributed by atoms with Gasteiger partial charge < -0.3 is 14.5 Å². The van der Waals surface area contributed by atoms with Gasteiger partial charge >= 0.3 is 0 Å². The molecule has 1 aliphatic rings. The molecule has 1 aliphatic heterocycles. The molecule has 0 bridgehead atoms. The van der Waals surface area contributed by atoms with Gasteiger partial charge in [0.2, 0.25) is 10.0 Å². The van der Waals surface area contributed by atoms with Crippen LogP contribution in [0.2, 0.25) is 0 Å². The molecule has 1 heterocycles. The second-order valence-corrected chi connectivity index (χ2v) is 9.39. The van der Waals surface area contributed by atoms with Crippen LogP contribution in [0.3, 0.4) is 0 Å². The second-order valence-electron chi connectivity index (χ2n) is 7.24. The average Bonchev–Trinajstić information content (AvgIpc) is 2.74. The Balaban J connectivity index is 1.69. The van der Waals surface area contributed by atoms with Crippen molar-refractivity contribution in [3.63, 3.8) is 0 Å². The first-order chi connectivity index (χ1) is 13.8. The lowest BCUT2D eigenvalue weighted by molar-refractivity contribution is 0.0785. The molecule has 0 atom stereocenters. The van der Waals surface area contributed by atoms with Crippen LogP contribution in [0.25, 0.3) is 0 Å². The molecule has 0 unspecified atom stereocenters. The summed E-state index contributed by atoms with van der Waals surface area (Å²) in [6, 6.07) is 14.3. The number of amides is 1. The lowest BCUT2D eigenvalue weighted by Crippen LogP contribution is -2.36. The van der Waals surface area contributed by atoms with Crippen molar-refractivity contribution >= 4 is 21.6 Å². The largest absolute Gasteiger partial charge is 0.378 e. The molecule has 29 heavy (non-hydrogen) atoms. The Labute approximate surface area is 172 Å². The molecule has 0 spiro atoms. The summed E-state index contributed by atoms with van der Waals surface area (Å²) in [5, 5.41) is 0. The average molecular weight is 418 g/mol. The van der Waals surface area contributed by atoms with E-state index in [1.165, 1.54) is 26.2 Å². The van der Waals surface area contributed by atoms with Crippen molar-refractivity contribution in [3.05, 3.63) is 59.7 Å². The highest BCUT2D eigenvalue weighted by Gasteiger charge is 2.20. The zero-order valence-electron chi connectivity index (χ0n) is 17.0. The van der Waals surface area contributed by atoms with E-state index in [0.29, 0.717) is 12.1 Å². The van der Waals surface area contributed by atoms with Gasteiger partial charge in [-0.25, -0.2) is 12.7 Å². The molecule has 1 saturated heterocycles. The number of carbonyl (C=O) groups is 1. The fourth-order valence-corrected chi connectivity index (χ4v) is 4.15. The number of anilines is 1. The first-order valence-electron chi connectivity index (χ1n) is 9.49.